The zero-order valence-electron chi connectivity index (χ0n) is 15.0. The van der Waals surface area contributed by atoms with Crippen LogP contribution in [0.5, 0.6) is 0 Å². The Morgan fingerprint density at radius 2 is 1.84 bits per heavy atom. The van der Waals surface area contributed by atoms with Gasteiger partial charge in [-0.3, -0.25) is 9.59 Å². The molecule has 2 heterocycles. The highest BCUT2D eigenvalue weighted by molar-refractivity contribution is 6.00. The van der Waals surface area contributed by atoms with E-state index in [4.69, 9.17) is 0 Å². The minimum atomic E-state index is -0.200. The Hall–Kier alpha value is -1.59. The second kappa shape index (κ2) is 8.68. The van der Waals surface area contributed by atoms with Crippen molar-refractivity contribution in [3.05, 3.63) is 29.8 Å². The van der Waals surface area contributed by atoms with Crippen LogP contribution in [0.3, 0.4) is 0 Å². The number of likely N-dealkylation sites (tertiary alicyclic amines) is 1. The van der Waals surface area contributed by atoms with Gasteiger partial charge in [-0.25, -0.2) is 0 Å². The molecule has 0 bridgehead atoms. The zero-order valence-corrected chi connectivity index (χ0v) is 15.8. The largest absolute Gasteiger partial charge is 0.342 e. The van der Waals surface area contributed by atoms with Crippen LogP contribution >= 0.6 is 12.4 Å². The van der Waals surface area contributed by atoms with Gasteiger partial charge in [0.1, 0.15) is 0 Å². The van der Waals surface area contributed by atoms with Crippen molar-refractivity contribution >= 4 is 29.9 Å². The molecule has 2 saturated heterocycles. The number of nitrogens with one attached hydrogen (secondary N) is 1. The molecule has 0 saturated carbocycles. The van der Waals surface area contributed by atoms with Gasteiger partial charge in [0, 0.05) is 37.8 Å². The molecule has 0 spiro atoms. The molecule has 0 aromatic heterocycles. The summed E-state index contributed by atoms with van der Waals surface area (Å²) in [6.07, 6.45) is 3.30. The van der Waals surface area contributed by atoms with Crippen LogP contribution in [0.4, 0.5) is 5.69 Å². The average molecular weight is 366 g/mol. The molecule has 0 aliphatic carbocycles. The number of hydrogen-bond donors (Lipinski definition) is 1. The summed E-state index contributed by atoms with van der Waals surface area (Å²) in [4.78, 5) is 28.8. The molecule has 25 heavy (non-hydrogen) atoms. The molecule has 1 N–H and O–H groups in total. The quantitative estimate of drug-likeness (QED) is 0.890. The van der Waals surface area contributed by atoms with Gasteiger partial charge in [-0.05, 0) is 44.0 Å². The molecule has 2 amide bonds. The number of hydrogen-bond acceptors (Lipinski definition) is 3. The Labute approximate surface area is 156 Å². The fraction of sp³-hybridized carbons (Fsp3) is 0.579. The van der Waals surface area contributed by atoms with Gasteiger partial charge in [0.2, 0.25) is 11.8 Å². The Morgan fingerprint density at radius 3 is 2.40 bits per heavy atom. The standard InChI is InChI=1S/C19H27N3O2.ClH/c1-3-14-4-6-17(7-5-14)22-13-15(12-18(22)23)19(24)21-10-8-16(20-2)9-11-21;/h4-7,15-16,20H,3,8-13H2,1-2H3;1H. The summed E-state index contributed by atoms with van der Waals surface area (Å²) in [7, 11) is 1.97. The first-order valence-corrected chi connectivity index (χ1v) is 8.97. The summed E-state index contributed by atoms with van der Waals surface area (Å²) in [5.41, 5.74) is 2.16. The molecular weight excluding hydrogens is 338 g/mol. The lowest BCUT2D eigenvalue weighted by Crippen LogP contribution is -2.46. The third kappa shape index (κ3) is 4.33. The highest BCUT2D eigenvalue weighted by Gasteiger charge is 2.37. The SMILES string of the molecule is CCc1ccc(N2CC(C(=O)N3CCC(NC)CC3)CC2=O)cc1.Cl. The molecule has 1 unspecified atom stereocenters. The molecular formula is C19H28ClN3O2. The van der Waals surface area contributed by atoms with Gasteiger partial charge < -0.3 is 15.1 Å². The Kier molecular flexibility index (Phi) is 6.85. The Balaban J connectivity index is 0.00000225. The number of carbonyl (C=O) groups excluding carboxylic acids is 2. The third-order valence-electron chi connectivity index (χ3n) is 5.35. The predicted molar refractivity (Wildman–Crippen MR) is 102 cm³/mol. The maximum absolute atomic E-state index is 12.7. The second-order valence-electron chi connectivity index (χ2n) is 6.81. The van der Waals surface area contributed by atoms with E-state index in [1.165, 1.54) is 5.56 Å². The van der Waals surface area contributed by atoms with Crippen LogP contribution < -0.4 is 10.2 Å². The number of carbonyl (C=O) groups is 2. The van der Waals surface area contributed by atoms with E-state index in [0.717, 1.165) is 38.0 Å². The van der Waals surface area contributed by atoms with E-state index in [1.807, 2.05) is 24.1 Å². The summed E-state index contributed by atoms with van der Waals surface area (Å²) in [6, 6.07) is 8.60. The minimum absolute atomic E-state index is 0. The zero-order chi connectivity index (χ0) is 17.1. The van der Waals surface area contributed by atoms with Crippen LogP contribution in [-0.2, 0) is 16.0 Å². The maximum atomic E-state index is 12.7. The monoisotopic (exact) mass is 365 g/mol. The third-order valence-corrected chi connectivity index (χ3v) is 5.35. The maximum Gasteiger partial charge on any atom is 0.228 e. The van der Waals surface area contributed by atoms with E-state index in [2.05, 4.69) is 24.4 Å². The van der Waals surface area contributed by atoms with Crippen molar-refractivity contribution in [2.45, 2.75) is 38.6 Å². The molecule has 2 fully saturated rings. The van der Waals surface area contributed by atoms with Crippen molar-refractivity contribution in [1.82, 2.24) is 10.2 Å². The molecule has 0 radical (unpaired) electrons. The lowest BCUT2D eigenvalue weighted by molar-refractivity contribution is -0.136. The van der Waals surface area contributed by atoms with E-state index >= 15 is 0 Å². The van der Waals surface area contributed by atoms with Crippen molar-refractivity contribution in [3.8, 4) is 0 Å². The summed E-state index contributed by atoms with van der Waals surface area (Å²) in [5.74, 6) is 0.00257. The molecule has 1 aromatic carbocycles. The predicted octanol–water partition coefficient (Wildman–Crippen LogP) is 2.23. The van der Waals surface area contributed by atoms with Crippen molar-refractivity contribution < 1.29 is 9.59 Å². The van der Waals surface area contributed by atoms with Gasteiger partial charge in [-0.1, -0.05) is 19.1 Å². The fourth-order valence-electron chi connectivity index (χ4n) is 3.68. The number of benzene rings is 1. The van der Waals surface area contributed by atoms with Crippen molar-refractivity contribution in [2.75, 3.05) is 31.6 Å². The van der Waals surface area contributed by atoms with Gasteiger partial charge in [0.15, 0.2) is 0 Å². The van der Waals surface area contributed by atoms with Crippen molar-refractivity contribution in [3.63, 3.8) is 0 Å². The lowest BCUT2D eigenvalue weighted by Gasteiger charge is -2.33. The van der Waals surface area contributed by atoms with E-state index in [1.54, 1.807) is 4.90 Å². The highest BCUT2D eigenvalue weighted by atomic mass is 35.5. The van der Waals surface area contributed by atoms with Crippen molar-refractivity contribution in [1.29, 1.82) is 0 Å². The van der Waals surface area contributed by atoms with Crippen LogP contribution in [0.25, 0.3) is 0 Å². The first kappa shape index (κ1) is 19.7. The smallest absolute Gasteiger partial charge is 0.228 e. The summed E-state index contributed by atoms with van der Waals surface area (Å²) >= 11 is 0. The number of piperidine rings is 1. The second-order valence-corrected chi connectivity index (χ2v) is 6.81. The normalized spacial score (nSPS) is 21.4. The van der Waals surface area contributed by atoms with Gasteiger partial charge in [-0.15, -0.1) is 12.4 Å². The van der Waals surface area contributed by atoms with Gasteiger partial charge in [-0.2, -0.15) is 0 Å². The fourth-order valence-corrected chi connectivity index (χ4v) is 3.68. The first-order chi connectivity index (χ1) is 11.6. The van der Waals surface area contributed by atoms with E-state index < -0.39 is 0 Å². The van der Waals surface area contributed by atoms with E-state index in [9.17, 15) is 9.59 Å². The van der Waals surface area contributed by atoms with Crippen LogP contribution in [0.1, 0.15) is 31.7 Å². The first-order valence-electron chi connectivity index (χ1n) is 8.97. The molecule has 138 valence electrons. The summed E-state index contributed by atoms with van der Waals surface area (Å²) in [6.45, 7) is 4.21. The number of rotatable bonds is 4. The minimum Gasteiger partial charge on any atom is -0.342 e. The van der Waals surface area contributed by atoms with E-state index in [-0.39, 0.29) is 30.1 Å². The number of aryl methyl sites for hydroxylation is 1. The Bertz CT molecular complexity index is 597. The molecule has 6 heteroatoms. The van der Waals surface area contributed by atoms with Crippen molar-refractivity contribution in [2.24, 2.45) is 5.92 Å². The Morgan fingerprint density at radius 1 is 1.20 bits per heavy atom. The highest BCUT2D eigenvalue weighted by Crippen LogP contribution is 2.27. The molecule has 5 nitrogen and oxygen atoms in total. The van der Waals surface area contributed by atoms with Crippen LogP contribution in [0.2, 0.25) is 0 Å². The lowest BCUT2D eigenvalue weighted by atomic mass is 10.0. The topological polar surface area (TPSA) is 52.7 Å². The van der Waals surface area contributed by atoms with E-state index in [0.29, 0.717) is 19.0 Å². The molecule has 3 rings (SSSR count). The van der Waals surface area contributed by atoms with Crippen LogP contribution in [0.15, 0.2) is 24.3 Å². The number of anilines is 1. The summed E-state index contributed by atoms with van der Waals surface area (Å²) < 4.78 is 0. The van der Waals surface area contributed by atoms with Crippen LogP contribution in [0, 0.1) is 5.92 Å². The van der Waals surface area contributed by atoms with Gasteiger partial charge >= 0.3 is 0 Å². The number of halogens is 1. The molecule has 2 aliphatic heterocycles. The van der Waals surface area contributed by atoms with Crippen LogP contribution in [-0.4, -0.2) is 49.4 Å². The number of nitrogens with zero attached hydrogens (tertiary/aromatic N) is 2. The summed E-state index contributed by atoms with van der Waals surface area (Å²) in [5, 5.41) is 3.28. The average Bonchev–Trinajstić information content (AvgIpc) is 3.03. The molecule has 1 atom stereocenters. The van der Waals surface area contributed by atoms with Gasteiger partial charge in [0.05, 0.1) is 5.92 Å². The molecule has 2 aliphatic rings. The van der Waals surface area contributed by atoms with Gasteiger partial charge in [0.25, 0.3) is 0 Å². The molecule has 1 aromatic rings. The number of amides is 2.